The fourth-order valence-corrected chi connectivity index (χ4v) is 2.31. The van der Waals surface area contributed by atoms with Gasteiger partial charge in [-0.2, -0.15) is 0 Å². The standard InChI is InChI=1S/C14H9NO5S/c16-12(17)7-19-11-4-3-8-5-10(2-1-9(8)6-11)13-15-21-14(18)20-13/h1-6H,7H2,(H,16,17). The van der Waals surface area contributed by atoms with Gasteiger partial charge in [-0.15, -0.1) is 4.37 Å². The minimum atomic E-state index is -1.02. The zero-order valence-electron chi connectivity index (χ0n) is 10.6. The van der Waals surface area contributed by atoms with Gasteiger partial charge in [0.25, 0.3) is 0 Å². The minimum absolute atomic E-state index is 0.290. The average Bonchev–Trinajstić information content (AvgIpc) is 2.91. The number of ether oxygens (including phenoxy) is 1. The van der Waals surface area contributed by atoms with Crippen LogP contribution in [0.5, 0.6) is 5.75 Å². The van der Waals surface area contributed by atoms with Crippen molar-refractivity contribution in [1.29, 1.82) is 0 Å². The van der Waals surface area contributed by atoms with Crippen LogP contribution in [0.3, 0.4) is 0 Å². The average molecular weight is 303 g/mol. The van der Waals surface area contributed by atoms with Gasteiger partial charge in [0, 0.05) is 5.56 Å². The van der Waals surface area contributed by atoms with E-state index in [4.69, 9.17) is 14.3 Å². The zero-order valence-corrected chi connectivity index (χ0v) is 11.4. The van der Waals surface area contributed by atoms with Gasteiger partial charge in [0.15, 0.2) is 6.61 Å². The molecular formula is C14H9NO5S. The predicted molar refractivity (Wildman–Crippen MR) is 76.7 cm³/mol. The van der Waals surface area contributed by atoms with E-state index in [1.807, 2.05) is 12.1 Å². The molecule has 0 bridgehead atoms. The second kappa shape index (κ2) is 5.37. The topological polar surface area (TPSA) is 89.6 Å². The van der Waals surface area contributed by atoms with E-state index < -0.39 is 10.9 Å². The Bertz CT molecular complexity index is 867. The van der Waals surface area contributed by atoms with Crippen molar-refractivity contribution in [2.75, 3.05) is 6.61 Å². The molecule has 7 heteroatoms. The molecule has 0 fully saturated rings. The van der Waals surface area contributed by atoms with E-state index in [9.17, 15) is 9.59 Å². The molecule has 3 rings (SSSR count). The molecule has 0 unspecified atom stereocenters. The summed E-state index contributed by atoms with van der Waals surface area (Å²) < 4.78 is 14.0. The van der Waals surface area contributed by atoms with Crippen molar-refractivity contribution in [3.05, 3.63) is 46.1 Å². The van der Waals surface area contributed by atoms with Crippen molar-refractivity contribution < 1.29 is 19.1 Å². The molecule has 0 aliphatic carbocycles. The van der Waals surface area contributed by atoms with Crippen LogP contribution in [0, 0.1) is 0 Å². The van der Waals surface area contributed by atoms with Crippen LogP contribution in [0.15, 0.2) is 45.6 Å². The highest BCUT2D eigenvalue weighted by Crippen LogP contribution is 2.26. The quantitative estimate of drug-likeness (QED) is 0.796. The first-order chi connectivity index (χ1) is 10.1. The van der Waals surface area contributed by atoms with Crippen LogP contribution in [0.4, 0.5) is 0 Å². The number of carbonyl (C=O) groups is 1. The molecule has 1 aromatic heterocycles. The van der Waals surface area contributed by atoms with Gasteiger partial charge < -0.3 is 14.3 Å². The van der Waals surface area contributed by atoms with Crippen molar-refractivity contribution in [3.8, 4) is 17.2 Å². The maximum Gasteiger partial charge on any atom is 0.414 e. The molecule has 2 aromatic carbocycles. The molecule has 6 nitrogen and oxygen atoms in total. The number of benzene rings is 2. The Morgan fingerprint density at radius 1 is 1.24 bits per heavy atom. The van der Waals surface area contributed by atoms with Gasteiger partial charge in [0.2, 0.25) is 5.89 Å². The molecule has 106 valence electrons. The number of aromatic nitrogens is 1. The van der Waals surface area contributed by atoms with Crippen molar-refractivity contribution in [2.45, 2.75) is 0 Å². The van der Waals surface area contributed by atoms with Crippen LogP contribution in [-0.2, 0) is 4.79 Å². The summed E-state index contributed by atoms with van der Waals surface area (Å²) in [5.74, 6) is -0.250. The molecule has 0 saturated heterocycles. The van der Waals surface area contributed by atoms with Gasteiger partial charge in [-0.1, -0.05) is 12.1 Å². The summed E-state index contributed by atoms with van der Waals surface area (Å²) in [4.78, 5) is 21.1. The molecule has 0 spiro atoms. The predicted octanol–water partition coefficient (Wildman–Crippen LogP) is 2.38. The van der Waals surface area contributed by atoms with E-state index in [1.54, 1.807) is 24.3 Å². The molecule has 0 aliphatic rings. The zero-order chi connectivity index (χ0) is 14.8. The number of nitrogens with zero attached hydrogens (tertiary/aromatic N) is 1. The maximum absolute atomic E-state index is 11.0. The van der Waals surface area contributed by atoms with Crippen LogP contribution in [-0.4, -0.2) is 22.1 Å². The highest BCUT2D eigenvalue weighted by atomic mass is 32.1. The minimum Gasteiger partial charge on any atom is -0.482 e. The molecular weight excluding hydrogens is 294 g/mol. The maximum atomic E-state index is 11.0. The number of hydrogen-bond acceptors (Lipinski definition) is 6. The monoisotopic (exact) mass is 303 g/mol. The molecule has 0 atom stereocenters. The fraction of sp³-hybridized carbons (Fsp3) is 0.0714. The van der Waals surface area contributed by atoms with Gasteiger partial charge >= 0.3 is 10.9 Å². The summed E-state index contributed by atoms with van der Waals surface area (Å²) in [6.07, 6.45) is 0. The highest BCUT2D eigenvalue weighted by Gasteiger charge is 2.07. The summed E-state index contributed by atoms with van der Waals surface area (Å²) in [7, 11) is 0. The number of fused-ring (bicyclic) bond motifs is 1. The third-order valence-corrected chi connectivity index (χ3v) is 3.29. The number of rotatable bonds is 4. The van der Waals surface area contributed by atoms with Gasteiger partial charge in [-0.3, -0.25) is 0 Å². The molecule has 0 amide bonds. The normalized spacial score (nSPS) is 10.7. The lowest BCUT2D eigenvalue weighted by Crippen LogP contribution is -2.09. The van der Waals surface area contributed by atoms with E-state index >= 15 is 0 Å². The van der Waals surface area contributed by atoms with E-state index in [2.05, 4.69) is 4.37 Å². The molecule has 1 N–H and O–H groups in total. The lowest BCUT2D eigenvalue weighted by atomic mass is 10.1. The van der Waals surface area contributed by atoms with Crippen molar-refractivity contribution in [2.24, 2.45) is 0 Å². The van der Waals surface area contributed by atoms with E-state index in [0.717, 1.165) is 22.3 Å². The van der Waals surface area contributed by atoms with Gasteiger partial charge in [0.1, 0.15) is 5.75 Å². The van der Waals surface area contributed by atoms with Gasteiger partial charge in [-0.05, 0) is 35.0 Å². The van der Waals surface area contributed by atoms with Gasteiger partial charge in [0.05, 0.1) is 11.5 Å². The van der Waals surface area contributed by atoms with E-state index in [1.165, 1.54) is 0 Å². The van der Waals surface area contributed by atoms with Crippen molar-refractivity contribution in [1.82, 2.24) is 4.37 Å². The molecule has 0 saturated carbocycles. The first kappa shape index (κ1) is 13.3. The number of carboxylic acid groups (broad SMARTS) is 1. The Morgan fingerprint density at radius 2 is 2.00 bits per heavy atom. The molecule has 0 radical (unpaired) electrons. The van der Waals surface area contributed by atoms with Crippen LogP contribution >= 0.6 is 11.5 Å². The lowest BCUT2D eigenvalue weighted by Gasteiger charge is -2.05. The highest BCUT2D eigenvalue weighted by molar-refractivity contribution is 7.02. The molecule has 3 aromatic rings. The summed E-state index contributed by atoms with van der Waals surface area (Å²) in [6, 6.07) is 10.7. The summed E-state index contributed by atoms with van der Waals surface area (Å²) in [5.41, 5.74) is 0.708. The second-order valence-corrected chi connectivity index (χ2v) is 4.94. The third-order valence-electron chi connectivity index (χ3n) is 2.80. The Balaban J connectivity index is 1.94. The lowest BCUT2D eigenvalue weighted by molar-refractivity contribution is -0.139. The summed E-state index contributed by atoms with van der Waals surface area (Å²) >= 11 is 0.769. The van der Waals surface area contributed by atoms with Crippen molar-refractivity contribution in [3.63, 3.8) is 0 Å². The molecule has 0 aliphatic heterocycles. The second-order valence-electron chi connectivity index (χ2n) is 4.25. The smallest absolute Gasteiger partial charge is 0.414 e. The summed E-state index contributed by atoms with van der Waals surface area (Å²) in [6.45, 7) is -0.381. The van der Waals surface area contributed by atoms with Crippen molar-refractivity contribution >= 4 is 28.3 Å². The van der Waals surface area contributed by atoms with Crippen LogP contribution < -0.4 is 9.68 Å². The Morgan fingerprint density at radius 3 is 2.71 bits per heavy atom. The fourth-order valence-electron chi connectivity index (χ4n) is 1.90. The van der Waals surface area contributed by atoms with E-state index in [0.29, 0.717) is 11.3 Å². The number of aliphatic carboxylic acids is 1. The van der Waals surface area contributed by atoms with E-state index in [-0.39, 0.29) is 12.5 Å². The Hall–Kier alpha value is -2.67. The Kier molecular flexibility index (Phi) is 3.41. The SMILES string of the molecule is O=C(O)COc1ccc2cc(-c3nsc(=O)o3)ccc2c1. The first-order valence-corrected chi connectivity index (χ1v) is 6.75. The summed E-state index contributed by atoms with van der Waals surface area (Å²) in [5, 5.41) is 10.4. The molecule has 1 heterocycles. The van der Waals surface area contributed by atoms with Gasteiger partial charge in [-0.25, -0.2) is 9.59 Å². The third kappa shape index (κ3) is 2.92. The Labute approximate surface area is 122 Å². The number of carboxylic acids is 1. The molecule has 21 heavy (non-hydrogen) atoms. The van der Waals surface area contributed by atoms with Crippen LogP contribution in [0.25, 0.3) is 22.2 Å². The van der Waals surface area contributed by atoms with Crippen LogP contribution in [0.2, 0.25) is 0 Å². The largest absolute Gasteiger partial charge is 0.482 e. The first-order valence-electron chi connectivity index (χ1n) is 5.97. The van der Waals surface area contributed by atoms with Crippen LogP contribution in [0.1, 0.15) is 0 Å². The number of hydrogen-bond donors (Lipinski definition) is 1.